The molecule has 0 bridgehead atoms. The molecule has 1 rings (SSSR count). The Morgan fingerprint density at radius 1 is 1.07 bits per heavy atom. The van der Waals surface area contributed by atoms with Crippen molar-refractivity contribution in [1.82, 2.24) is 0 Å². The predicted octanol–water partition coefficient (Wildman–Crippen LogP) is 4.00. The van der Waals surface area contributed by atoms with Gasteiger partial charge >= 0.3 is 0 Å². The summed E-state index contributed by atoms with van der Waals surface area (Å²) < 4.78 is 0. The fraction of sp³-hybridized carbons (Fsp3) is 1.00. The average Bonchev–Trinajstić information content (AvgIpc) is 2.43. The molecule has 1 aliphatic rings. The van der Waals surface area contributed by atoms with Gasteiger partial charge in [0.05, 0.1) is 6.10 Å². The molecule has 0 amide bonds. The Labute approximate surface area is 95.3 Å². The molecule has 15 heavy (non-hydrogen) atoms. The van der Waals surface area contributed by atoms with Crippen LogP contribution in [0.3, 0.4) is 0 Å². The number of rotatable bonds is 4. The first-order valence-corrected chi connectivity index (χ1v) is 6.83. The first-order valence-electron chi connectivity index (χ1n) is 6.83. The van der Waals surface area contributed by atoms with Crippen LogP contribution in [0.15, 0.2) is 0 Å². The van der Waals surface area contributed by atoms with E-state index in [4.69, 9.17) is 0 Å². The van der Waals surface area contributed by atoms with Crippen molar-refractivity contribution in [3.8, 4) is 0 Å². The number of hydrogen-bond donors (Lipinski definition) is 1. The van der Waals surface area contributed by atoms with Gasteiger partial charge in [0.2, 0.25) is 0 Å². The standard InChI is InChI=1S/C14H28O/c1-4-6-14(15)13-8-5-7-12(9-10-13)11(2)3/h11-15H,4-10H2,1-3H3. The highest BCUT2D eigenvalue weighted by Crippen LogP contribution is 2.33. The molecule has 0 aromatic rings. The molecular weight excluding hydrogens is 184 g/mol. The molecule has 0 aliphatic heterocycles. The minimum atomic E-state index is -0.0269. The summed E-state index contributed by atoms with van der Waals surface area (Å²) in [5, 5.41) is 10.0. The predicted molar refractivity (Wildman–Crippen MR) is 65.8 cm³/mol. The second kappa shape index (κ2) is 6.52. The summed E-state index contributed by atoms with van der Waals surface area (Å²) in [7, 11) is 0. The second-order valence-corrected chi connectivity index (χ2v) is 5.63. The molecule has 90 valence electrons. The van der Waals surface area contributed by atoms with Crippen molar-refractivity contribution in [3.05, 3.63) is 0 Å². The maximum Gasteiger partial charge on any atom is 0.0568 e. The highest BCUT2D eigenvalue weighted by molar-refractivity contribution is 4.76. The fourth-order valence-electron chi connectivity index (χ4n) is 2.94. The fourth-order valence-corrected chi connectivity index (χ4v) is 2.94. The third kappa shape index (κ3) is 4.14. The van der Waals surface area contributed by atoms with Gasteiger partial charge in [0, 0.05) is 0 Å². The van der Waals surface area contributed by atoms with Crippen LogP contribution in [0.2, 0.25) is 0 Å². The van der Waals surface area contributed by atoms with Crippen LogP contribution in [-0.2, 0) is 0 Å². The molecule has 0 heterocycles. The molecule has 0 saturated heterocycles. The van der Waals surface area contributed by atoms with Crippen molar-refractivity contribution in [1.29, 1.82) is 0 Å². The maximum atomic E-state index is 10.0. The summed E-state index contributed by atoms with van der Waals surface area (Å²) in [6.07, 6.45) is 8.64. The number of aliphatic hydroxyl groups excluding tert-OH is 1. The minimum Gasteiger partial charge on any atom is -0.393 e. The van der Waals surface area contributed by atoms with E-state index < -0.39 is 0 Å². The topological polar surface area (TPSA) is 20.2 Å². The van der Waals surface area contributed by atoms with E-state index in [0.717, 1.165) is 24.7 Å². The molecule has 0 radical (unpaired) electrons. The lowest BCUT2D eigenvalue weighted by Crippen LogP contribution is -2.19. The van der Waals surface area contributed by atoms with Crippen LogP contribution in [0.25, 0.3) is 0 Å². The summed E-state index contributed by atoms with van der Waals surface area (Å²) in [5.41, 5.74) is 0. The number of hydrogen-bond acceptors (Lipinski definition) is 1. The van der Waals surface area contributed by atoms with Gasteiger partial charge in [0.25, 0.3) is 0 Å². The van der Waals surface area contributed by atoms with Crippen molar-refractivity contribution in [2.45, 2.75) is 71.8 Å². The van der Waals surface area contributed by atoms with E-state index in [9.17, 15) is 5.11 Å². The minimum absolute atomic E-state index is 0.0269. The lowest BCUT2D eigenvalue weighted by molar-refractivity contribution is 0.0883. The quantitative estimate of drug-likeness (QED) is 0.698. The van der Waals surface area contributed by atoms with Gasteiger partial charge in [0.15, 0.2) is 0 Å². The molecule has 0 spiro atoms. The van der Waals surface area contributed by atoms with Gasteiger partial charge in [-0.1, -0.05) is 40.0 Å². The van der Waals surface area contributed by atoms with Gasteiger partial charge in [-0.25, -0.2) is 0 Å². The molecular formula is C14H28O. The Morgan fingerprint density at radius 2 is 1.67 bits per heavy atom. The van der Waals surface area contributed by atoms with Crippen LogP contribution in [-0.4, -0.2) is 11.2 Å². The van der Waals surface area contributed by atoms with Gasteiger partial charge in [-0.15, -0.1) is 0 Å². The smallest absolute Gasteiger partial charge is 0.0568 e. The van der Waals surface area contributed by atoms with E-state index in [1.54, 1.807) is 0 Å². The monoisotopic (exact) mass is 212 g/mol. The normalized spacial score (nSPS) is 30.2. The molecule has 1 saturated carbocycles. The van der Waals surface area contributed by atoms with E-state index in [2.05, 4.69) is 20.8 Å². The van der Waals surface area contributed by atoms with Crippen LogP contribution < -0.4 is 0 Å². The van der Waals surface area contributed by atoms with Crippen molar-refractivity contribution in [3.63, 3.8) is 0 Å². The zero-order chi connectivity index (χ0) is 11.3. The van der Waals surface area contributed by atoms with Crippen LogP contribution in [0.4, 0.5) is 0 Å². The van der Waals surface area contributed by atoms with Crippen molar-refractivity contribution in [2.24, 2.45) is 17.8 Å². The first kappa shape index (κ1) is 13.0. The summed E-state index contributed by atoms with van der Waals surface area (Å²) in [4.78, 5) is 0. The zero-order valence-corrected chi connectivity index (χ0v) is 10.7. The summed E-state index contributed by atoms with van der Waals surface area (Å²) >= 11 is 0. The molecule has 1 heteroatoms. The SMILES string of the molecule is CCCC(O)C1CCCC(C(C)C)CC1. The van der Waals surface area contributed by atoms with Crippen LogP contribution >= 0.6 is 0 Å². The Bertz CT molecular complexity index is 165. The van der Waals surface area contributed by atoms with Crippen molar-refractivity contribution < 1.29 is 5.11 Å². The number of aliphatic hydroxyl groups is 1. The largest absolute Gasteiger partial charge is 0.393 e. The lowest BCUT2D eigenvalue weighted by atomic mass is 9.87. The molecule has 0 aromatic carbocycles. The average molecular weight is 212 g/mol. The third-order valence-corrected chi connectivity index (χ3v) is 4.13. The molecule has 3 unspecified atom stereocenters. The highest BCUT2D eigenvalue weighted by atomic mass is 16.3. The summed E-state index contributed by atoms with van der Waals surface area (Å²) in [6, 6.07) is 0. The third-order valence-electron chi connectivity index (χ3n) is 4.13. The molecule has 1 N–H and O–H groups in total. The molecule has 3 atom stereocenters. The summed E-state index contributed by atoms with van der Waals surface area (Å²) in [6.45, 7) is 6.85. The lowest BCUT2D eigenvalue weighted by Gasteiger charge is -2.21. The van der Waals surface area contributed by atoms with E-state index in [0.29, 0.717) is 5.92 Å². The van der Waals surface area contributed by atoms with Gasteiger partial charge in [0.1, 0.15) is 0 Å². The van der Waals surface area contributed by atoms with Gasteiger partial charge in [-0.05, 0) is 43.4 Å². The summed E-state index contributed by atoms with van der Waals surface area (Å²) in [5.74, 6) is 2.32. The van der Waals surface area contributed by atoms with Crippen LogP contribution in [0.5, 0.6) is 0 Å². The first-order chi connectivity index (χ1) is 7.15. The molecule has 1 aliphatic carbocycles. The van der Waals surface area contributed by atoms with E-state index in [1.165, 1.54) is 32.1 Å². The second-order valence-electron chi connectivity index (χ2n) is 5.63. The van der Waals surface area contributed by atoms with Crippen LogP contribution in [0.1, 0.15) is 65.7 Å². The van der Waals surface area contributed by atoms with Crippen LogP contribution in [0, 0.1) is 17.8 Å². The maximum absolute atomic E-state index is 10.0. The van der Waals surface area contributed by atoms with E-state index >= 15 is 0 Å². The van der Waals surface area contributed by atoms with Gasteiger partial charge < -0.3 is 5.11 Å². The highest BCUT2D eigenvalue weighted by Gasteiger charge is 2.24. The van der Waals surface area contributed by atoms with Gasteiger partial charge in [-0.2, -0.15) is 0 Å². The molecule has 0 aromatic heterocycles. The van der Waals surface area contributed by atoms with E-state index in [-0.39, 0.29) is 6.10 Å². The van der Waals surface area contributed by atoms with Gasteiger partial charge in [-0.3, -0.25) is 0 Å². The zero-order valence-electron chi connectivity index (χ0n) is 10.7. The Morgan fingerprint density at radius 3 is 2.27 bits per heavy atom. The van der Waals surface area contributed by atoms with Crippen molar-refractivity contribution >= 4 is 0 Å². The van der Waals surface area contributed by atoms with E-state index in [1.807, 2.05) is 0 Å². The Balaban J connectivity index is 2.38. The van der Waals surface area contributed by atoms with Crippen molar-refractivity contribution in [2.75, 3.05) is 0 Å². The Kier molecular flexibility index (Phi) is 5.66. The Hall–Kier alpha value is -0.0400. The molecule has 1 nitrogen and oxygen atoms in total. The molecule has 1 fully saturated rings.